The molecule has 1 amide bonds. The summed E-state index contributed by atoms with van der Waals surface area (Å²) in [5.74, 6) is 0.0720. The molecule has 0 aliphatic heterocycles. The number of hydrogen-bond acceptors (Lipinski definition) is 5. The van der Waals surface area contributed by atoms with Crippen LogP contribution in [-0.4, -0.2) is 43.5 Å². The average Bonchev–Trinajstić information content (AvgIpc) is 2.51. The Morgan fingerprint density at radius 1 is 1.25 bits per heavy atom. The maximum absolute atomic E-state index is 12.2. The summed E-state index contributed by atoms with van der Waals surface area (Å²) in [6, 6.07) is 4.88. The molecule has 136 valence electrons. The van der Waals surface area contributed by atoms with E-state index in [0.29, 0.717) is 12.3 Å². The lowest BCUT2D eigenvalue weighted by Gasteiger charge is -2.28. The molecule has 1 atom stereocenters. The van der Waals surface area contributed by atoms with Crippen LogP contribution in [0, 0.1) is 0 Å². The fourth-order valence-electron chi connectivity index (χ4n) is 2.02. The van der Waals surface area contributed by atoms with Gasteiger partial charge in [0.1, 0.15) is 5.38 Å². The molecule has 6 nitrogen and oxygen atoms in total. The number of amides is 1. The van der Waals surface area contributed by atoms with Gasteiger partial charge in [-0.25, -0.2) is 0 Å². The highest BCUT2D eigenvalue weighted by Crippen LogP contribution is 2.30. The van der Waals surface area contributed by atoms with Crippen molar-refractivity contribution in [1.82, 2.24) is 4.90 Å². The topological polar surface area (TPSA) is 72.9 Å². The highest BCUT2D eigenvalue weighted by molar-refractivity contribution is 7.87. The molecule has 1 aromatic rings. The van der Waals surface area contributed by atoms with Gasteiger partial charge in [-0.05, 0) is 45.4 Å². The number of benzene rings is 1. The molecule has 0 saturated heterocycles. The summed E-state index contributed by atoms with van der Waals surface area (Å²) in [6.45, 7) is 7.18. The molecular weight excluding hydrogens is 354 g/mol. The number of carbonyl (C=O) groups excluding carboxylic acids is 1. The number of carbonyl (C=O) groups is 1. The van der Waals surface area contributed by atoms with Gasteiger partial charge in [0.15, 0.2) is 11.5 Å². The number of hydrogen-bond donors (Lipinski definition) is 0. The smallest absolute Gasteiger partial charge is 0.309 e. The van der Waals surface area contributed by atoms with Gasteiger partial charge in [-0.2, -0.15) is 8.42 Å². The van der Waals surface area contributed by atoms with Crippen molar-refractivity contribution in [1.29, 1.82) is 0 Å². The Hall–Kier alpha value is -1.47. The molecule has 1 aromatic carbocycles. The van der Waals surface area contributed by atoms with Crippen LogP contribution in [0.25, 0.3) is 0 Å². The lowest BCUT2D eigenvalue weighted by atomic mass is 10.1. The van der Waals surface area contributed by atoms with Gasteiger partial charge < -0.3 is 13.8 Å². The molecule has 0 aromatic heterocycles. The summed E-state index contributed by atoms with van der Waals surface area (Å²) in [5.41, 5.74) is 0.719. The first-order valence-electron chi connectivity index (χ1n) is 7.64. The van der Waals surface area contributed by atoms with Crippen molar-refractivity contribution < 1.29 is 22.1 Å². The minimum absolute atomic E-state index is 0.0513. The van der Waals surface area contributed by atoms with Gasteiger partial charge >= 0.3 is 10.1 Å². The summed E-state index contributed by atoms with van der Waals surface area (Å²) in [7, 11) is -2.25. The molecule has 1 unspecified atom stereocenters. The van der Waals surface area contributed by atoms with E-state index in [1.165, 1.54) is 14.0 Å². The summed E-state index contributed by atoms with van der Waals surface area (Å²) >= 11 is 5.90. The molecule has 0 bridgehead atoms. The first-order valence-corrected chi connectivity index (χ1v) is 9.66. The van der Waals surface area contributed by atoms with Crippen LogP contribution in [-0.2, 0) is 21.5 Å². The molecule has 0 heterocycles. The third-order valence-corrected chi connectivity index (χ3v) is 4.73. The van der Waals surface area contributed by atoms with Crippen LogP contribution >= 0.6 is 11.6 Å². The normalized spacial score (nSPS) is 12.8. The Morgan fingerprint density at radius 3 is 2.33 bits per heavy atom. The molecule has 0 aliphatic rings. The number of rotatable bonds is 8. The standard InChI is InChI=1S/C16H24ClNO5S/c1-6-24(20,21)23-15-9-13(7-8-14(15)22-5)10-18(11(2)3)16(19)12(4)17/h7-9,11-12H,6,10H2,1-5H3. The van der Waals surface area contributed by atoms with E-state index in [1.54, 1.807) is 30.0 Å². The van der Waals surface area contributed by atoms with Crippen molar-refractivity contribution in [3.8, 4) is 11.5 Å². The van der Waals surface area contributed by atoms with E-state index in [2.05, 4.69) is 0 Å². The zero-order chi connectivity index (χ0) is 18.5. The number of alkyl halides is 1. The summed E-state index contributed by atoms with van der Waals surface area (Å²) in [6.07, 6.45) is 0. The Bertz CT molecular complexity index is 673. The van der Waals surface area contributed by atoms with Crippen molar-refractivity contribution in [3.63, 3.8) is 0 Å². The molecule has 1 rings (SSSR count). The first-order chi connectivity index (χ1) is 11.1. The summed E-state index contributed by atoms with van der Waals surface area (Å²) < 4.78 is 33.7. The lowest BCUT2D eigenvalue weighted by Crippen LogP contribution is -2.40. The quantitative estimate of drug-likeness (QED) is 0.514. The third-order valence-electron chi connectivity index (χ3n) is 3.40. The van der Waals surface area contributed by atoms with Crippen LogP contribution in [0.1, 0.15) is 33.3 Å². The predicted molar refractivity (Wildman–Crippen MR) is 94.1 cm³/mol. The molecule has 0 radical (unpaired) electrons. The van der Waals surface area contributed by atoms with E-state index in [-0.39, 0.29) is 23.5 Å². The number of nitrogens with zero attached hydrogens (tertiary/aromatic N) is 1. The second kappa shape index (κ2) is 8.58. The van der Waals surface area contributed by atoms with E-state index in [9.17, 15) is 13.2 Å². The van der Waals surface area contributed by atoms with Gasteiger partial charge in [-0.3, -0.25) is 4.79 Å². The van der Waals surface area contributed by atoms with Crippen molar-refractivity contribution in [2.24, 2.45) is 0 Å². The van der Waals surface area contributed by atoms with Gasteiger partial charge in [0.05, 0.1) is 12.9 Å². The molecule has 0 fully saturated rings. The monoisotopic (exact) mass is 377 g/mol. The third kappa shape index (κ3) is 5.56. The Kier molecular flexibility index (Phi) is 7.35. The van der Waals surface area contributed by atoms with E-state index in [4.69, 9.17) is 20.5 Å². The van der Waals surface area contributed by atoms with Crippen LogP contribution in [0.5, 0.6) is 11.5 Å². The maximum Gasteiger partial charge on any atom is 0.309 e. The van der Waals surface area contributed by atoms with Crippen LogP contribution in [0.2, 0.25) is 0 Å². The highest BCUT2D eigenvalue weighted by Gasteiger charge is 2.22. The highest BCUT2D eigenvalue weighted by atomic mass is 35.5. The van der Waals surface area contributed by atoms with Gasteiger partial charge in [-0.15, -0.1) is 11.6 Å². The van der Waals surface area contributed by atoms with Crippen molar-refractivity contribution in [3.05, 3.63) is 23.8 Å². The second-order valence-electron chi connectivity index (χ2n) is 5.59. The van der Waals surface area contributed by atoms with Crippen molar-refractivity contribution in [2.75, 3.05) is 12.9 Å². The minimum Gasteiger partial charge on any atom is -0.493 e. The van der Waals surface area contributed by atoms with Crippen LogP contribution in [0.4, 0.5) is 0 Å². The minimum atomic E-state index is -3.68. The zero-order valence-corrected chi connectivity index (χ0v) is 16.1. The van der Waals surface area contributed by atoms with Crippen LogP contribution in [0.15, 0.2) is 18.2 Å². The predicted octanol–water partition coefficient (Wildman–Crippen LogP) is 2.79. The summed E-state index contributed by atoms with van der Waals surface area (Å²) in [4.78, 5) is 13.8. The molecule has 0 saturated carbocycles. The summed E-state index contributed by atoms with van der Waals surface area (Å²) in [5, 5.41) is -0.637. The molecule has 0 aliphatic carbocycles. The fraction of sp³-hybridized carbons (Fsp3) is 0.562. The largest absolute Gasteiger partial charge is 0.493 e. The van der Waals surface area contributed by atoms with Gasteiger partial charge in [0.2, 0.25) is 5.91 Å². The average molecular weight is 378 g/mol. The number of ether oxygens (including phenoxy) is 1. The first kappa shape index (κ1) is 20.6. The number of methoxy groups -OCH3 is 1. The Morgan fingerprint density at radius 2 is 1.88 bits per heavy atom. The van der Waals surface area contributed by atoms with Gasteiger partial charge in [0, 0.05) is 12.6 Å². The molecule has 24 heavy (non-hydrogen) atoms. The Labute approximate surface area is 148 Å². The zero-order valence-electron chi connectivity index (χ0n) is 14.6. The molecule has 8 heteroatoms. The van der Waals surface area contributed by atoms with E-state index >= 15 is 0 Å². The second-order valence-corrected chi connectivity index (χ2v) is 8.10. The van der Waals surface area contributed by atoms with E-state index in [1.807, 2.05) is 13.8 Å². The van der Waals surface area contributed by atoms with Crippen molar-refractivity contribution in [2.45, 2.75) is 45.7 Å². The molecule has 0 spiro atoms. The Balaban J connectivity index is 3.14. The van der Waals surface area contributed by atoms with Crippen LogP contribution < -0.4 is 8.92 Å². The van der Waals surface area contributed by atoms with Gasteiger partial charge in [0.25, 0.3) is 0 Å². The molecule has 0 N–H and O–H groups in total. The number of halogens is 1. The fourth-order valence-corrected chi connectivity index (χ4v) is 2.67. The lowest BCUT2D eigenvalue weighted by molar-refractivity contribution is -0.132. The SMILES string of the molecule is CCS(=O)(=O)Oc1cc(CN(C(=O)C(C)Cl)C(C)C)ccc1OC. The van der Waals surface area contributed by atoms with Gasteiger partial charge in [-0.1, -0.05) is 6.07 Å². The van der Waals surface area contributed by atoms with E-state index < -0.39 is 15.5 Å². The van der Waals surface area contributed by atoms with Crippen molar-refractivity contribution >= 4 is 27.6 Å². The van der Waals surface area contributed by atoms with Crippen LogP contribution in [0.3, 0.4) is 0 Å². The molecular formula is C16H24ClNO5S. The maximum atomic E-state index is 12.2. The van der Waals surface area contributed by atoms with E-state index in [0.717, 1.165) is 5.56 Å².